The van der Waals surface area contributed by atoms with Gasteiger partial charge in [-0.25, -0.2) is 0 Å². The molecule has 0 aromatic heterocycles. The largest absolute Gasteiger partial charge is 0.388 e. The van der Waals surface area contributed by atoms with Crippen LogP contribution in [0.4, 0.5) is 0 Å². The fourth-order valence-electron chi connectivity index (χ4n) is 2.53. The van der Waals surface area contributed by atoms with E-state index in [4.69, 9.17) is 9.57 Å². The normalized spacial score (nSPS) is 31.8. The molecule has 1 aliphatic rings. The highest BCUT2D eigenvalue weighted by molar-refractivity contribution is 14.1. The standard InChI is InChI=1S/C16H24INO5/c1-9(2)18(22-8-11-5-4-6-12(17)7-11)16-15(21)14(20)13(19)10(3)23-16/h4-7,9-10,13-16,19-21H,8H2,1-3H3/t10-,13+,14+,15-,16-/m0/s1. The molecule has 1 aliphatic heterocycles. The Kier molecular flexibility index (Phi) is 6.78. The van der Waals surface area contributed by atoms with E-state index in [1.165, 1.54) is 5.06 Å². The van der Waals surface area contributed by atoms with Crippen molar-refractivity contribution in [1.82, 2.24) is 5.06 Å². The van der Waals surface area contributed by atoms with E-state index < -0.39 is 30.6 Å². The number of benzene rings is 1. The first-order valence-corrected chi connectivity index (χ1v) is 8.74. The van der Waals surface area contributed by atoms with Gasteiger partial charge in [0.1, 0.15) is 18.3 Å². The average molecular weight is 437 g/mol. The molecule has 130 valence electrons. The third-order valence-electron chi connectivity index (χ3n) is 3.86. The summed E-state index contributed by atoms with van der Waals surface area (Å²) in [5.74, 6) is 0. The van der Waals surface area contributed by atoms with Crippen molar-refractivity contribution in [3.63, 3.8) is 0 Å². The lowest BCUT2D eigenvalue weighted by atomic mass is 9.98. The van der Waals surface area contributed by atoms with Crippen molar-refractivity contribution in [3.8, 4) is 0 Å². The summed E-state index contributed by atoms with van der Waals surface area (Å²) in [5.41, 5.74) is 1.00. The van der Waals surface area contributed by atoms with Crippen molar-refractivity contribution in [2.45, 2.75) is 64.1 Å². The van der Waals surface area contributed by atoms with Gasteiger partial charge in [0.25, 0.3) is 0 Å². The molecular formula is C16H24INO5. The molecule has 1 saturated heterocycles. The van der Waals surface area contributed by atoms with E-state index in [1.807, 2.05) is 38.1 Å². The minimum atomic E-state index is -1.27. The molecule has 1 aromatic rings. The molecule has 1 aromatic carbocycles. The van der Waals surface area contributed by atoms with Crippen LogP contribution in [0.1, 0.15) is 26.3 Å². The maximum Gasteiger partial charge on any atom is 0.162 e. The Morgan fingerprint density at radius 3 is 2.52 bits per heavy atom. The van der Waals surface area contributed by atoms with Gasteiger partial charge in [0, 0.05) is 9.61 Å². The van der Waals surface area contributed by atoms with Gasteiger partial charge in [-0.05, 0) is 61.1 Å². The highest BCUT2D eigenvalue weighted by Crippen LogP contribution is 2.25. The van der Waals surface area contributed by atoms with Gasteiger partial charge in [-0.2, -0.15) is 5.06 Å². The Balaban J connectivity index is 2.08. The van der Waals surface area contributed by atoms with E-state index in [9.17, 15) is 15.3 Å². The van der Waals surface area contributed by atoms with Crippen LogP contribution in [0.2, 0.25) is 0 Å². The molecule has 7 heteroatoms. The summed E-state index contributed by atoms with van der Waals surface area (Å²) in [6.45, 7) is 5.80. The second kappa shape index (κ2) is 8.19. The zero-order valence-corrected chi connectivity index (χ0v) is 15.6. The molecule has 0 unspecified atom stereocenters. The smallest absolute Gasteiger partial charge is 0.162 e. The van der Waals surface area contributed by atoms with Crippen molar-refractivity contribution in [2.24, 2.45) is 0 Å². The number of aliphatic hydroxyl groups is 3. The fourth-order valence-corrected chi connectivity index (χ4v) is 3.14. The SMILES string of the molecule is CC(C)N(OCc1cccc(I)c1)[C@H]1O[C@@H](C)[C@@H](O)[C@@H](O)[C@@H]1O. The van der Waals surface area contributed by atoms with E-state index in [0.717, 1.165) is 9.13 Å². The number of hydroxylamine groups is 2. The summed E-state index contributed by atoms with van der Waals surface area (Å²) in [6.07, 6.45) is -5.08. The number of halogens is 1. The number of nitrogens with zero attached hydrogens (tertiary/aromatic N) is 1. The number of hydrogen-bond acceptors (Lipinski definition) is 6. The average Bonchev–Trinajstić information content (AvgIpc) is 2.50. The predicted molar refractivity (Wildman–Crippen MR) is 93.3 cm³/mol. The highest BCUT2D eigenvalue weighted by Gasteiger charge is 2.45. The summed E-state index contributed by atoms with van der Waals surface area (Å²) in [6, 6.07) is 7.84. The predicted octanol–water partition coefficient (Wildman–Crippen LogP) is 1.26. The molecule has 6 nitrogen and oxygen atoms in total. The Labute approximate surface area is 150 Å². The van der Waals surface area contributed by atoms with Crippen molar-refractivity contribution in [1.29, 1.82) is 0 Å². The molecule has 23 heavy (non-hydrogen) atoms. The first kappa shape index (κ1) is 19.0. The topological polar surface area (TPSA) is 82.4 Å². The molecule has 0 aliphatic carbocycles. The molecule has 0 bridgehead atoms. The molecule has 1 fully saturated rings. The number of aliphatic hydroxyl groups excluding tert-OH is 3. The van der Waals surface area contributed by atoms with E-state index in [2.05, 4.69) is 22.6 Å². The lowest BCUT2D eigenvalue weighted by Crippen LogP contribution is -2.62. The molecule has 5 atom stereocenters. The fraction of sp³-hybridized carbons (Fsp3) is 0.625. The maximum atomic E-state index is 10.2. The van der Waals surface area contributed by atoms with E-state index in [0.29, 0.717) is 6.61 Å². The summed E-state index contributed by atoms with van der Waals surface area (Å²) < 4.78 is 6.77. The van der Waals surface area contributed by atoms with Crippen LogP contribution >= 0.6 is 22.6 Å². The molecule has 3 N–H and O–H groups in total. The lowest BCUT2D eigenvalue weighted by Gasteiger charge is -2.44. The van der Waals surface area contributed by atoms with Crippen molar-refractivity contribution in [2.75, 3.05) is 0 Å². The molecule has 1 heterocycles. The van der Waals surface area contributed by atoms with Gasteiger partial charge in [0.15, 0.2) is 6.23 Å². The van der Waals surface area contributed by atoms with Gasteiger partial charge in [-0.3, -0.25) is 4.84 Å². The van der Waals surface area contributed by atoms with Gasteiger partial charge in [0.05, 0.1) is 12.7 Å². The van der Waals surface area contributed by atoms with E-state index in [-0.39, 0.29) is 6.04 Å². The monoisotopic (exact) mass is 437 g/mol. The van der Waals surface area contributed by atoms with Crippen LogP contribution in [0.5, 0.6) is 0 Å². The summed E-state index contributed by atoms with van der Waals surface area (Å²) >= 11 is 2.24. The zero-order chi connectivity index (χ0) is 17.1. The van der Waals surface area contributed by atoms with Gasteiger partial charge in [0.2, 0.25) is 0 Å². The number of rotatable bonds is 5. The minimum Gasteiger partial charge on any atom is -0.388 e. The van der Waals surface area contributed by atoms with Crippen molar-refractivity contribution >= 4 is 22.6 Å². The first-order chi connectivity index (χ1) is 10.8. The summed E-state index contributed by atoms with van der Waals surface area (Å²) in [4.78, 5) is 5.84. The van der Waals surface area contributed by atoms with Crippen LogP contribution in [0, 0.1) is 3.57 Å². The second-order valence-corrected chi connectivity index (χ2v) is 7.31. The van der Waals surface area contributed by atoms with Crippen LogP contribution in [0.15, 0.2) is 24.3 Å². The van der Waals surface area contributed by atoms with E-state index >= 15 is 0 Å². The third kappa shape index (κ3) is 4.62. The number of hydrogen-bond donors (Lipinski definition) is 3. The Morgan fingerprint density at radius 1 is 1.22 bits per heavy atom. The molecule has 0 radical (unpaired) electrons. The van der Waals surface area contributed by atoms with Crippen molar-refractivity contribution < 1.29 is 24.9 Å². The van der Waals surface area contributed by atoms with E-state index in [1.54, 1.807) is 6.92 Å². The molecule has 0 amide bonds. The molecule has 0 saturated carbocycles. The Morgan fingerprint density at radius 2 is 1.91 bits per heavy atom. The van der Waals surface area contributed by atoms with Crippen LogP contribution in [-0.2, 0) is 16.2 Å². The second-order valence-electron chi connectivity index (χ2n) is 6.06. The third-order valence-corrected chi connectivity index (χ3v) is 4.53. The molecule has 2 rings (SSSR count). The van der Waals surface area contributed by atoms with Gasteiger partial charge in [-0.1, -0.05) is 12.1 Å². The molecular weight excluding hydrogens is 413 g/mol. The van der Waals surface area contributed by atoms with Gasteiger partial charge < -0.3 is 20.1 Å². The van der Waals surface area contributed by atoms with Crippen molar-refractivity contribution in [3.05, 3.63) is 33.4 Å². The maximum absolute atomic E-state index is 10.2. The van der Waals surface area contributed by atoms with Crippen LogP contribution < -0.4 is 0 Å². The first-order valence-electron chi connectivity index (χ1n) is 7.66. The highest BCUT2D eigenvalue weighted by atomic mass is 127. The number of ether oxygens (including phenoxy) is 1. The quantitative estimate of drug-likeness (QED) is 0.476. The van der Waals surface area contributed by atoms with Crippen LogP contribution in [0.3, 0.4) is 0 Å². The lowest BCUT2D eigenvalue weighted by molar-refractivity contribution is -0.343. The minimum absolute atomic E-state index is 0.0768. The van der Waals surface area contributed by atoms with Crippen LogP contribution in [-0.4, -0.2) is 57.1 Å². The van der Waals surface area contributed by atoms with Gasteiger partial charge >= 0.3 is 0 Å². The molecule has 0 spiro atoms. The summed E-state index contributed by atoms with van der Waals surface area (Å²) in [5, 5.41) is 31.5. The Bertz CT molecular complexity index is 515. The Hall–Kier alpha value is -0.290. The zero-order valence-electron chi connectivity index (χ0n) is 13.5. The summed E-state index contributed by atoms with van der Waals surface area (Å²) in [7, 11) is 0. The van der Waals surface area contributed by atoms with Crippen LogP contribution in [0.25, 0.3) is 0 Å². The van der Waals surface area contributed by atoms with Gasteiger partial charge in [-0.15, -0.1) is 0 Å².